The van der Waals surface area contributed by atoms with Gasteiger partial charge in [0.15, 0.2) is 0 Å². The van der Waals surface area contributed by atoms with Crippen LogP contribution in [0.1, 0.15) is 5.56 Å². The minimum Gasteiger partial charge on any atom is -0.327 e. The molecule has 0 aliphatic rings. The lowest BCUT2D eigenvalue weighted by molar-refractivity contribution is 1.26. The van der Waals surface area contributed by atoms with Gasteiger partial charge in [-0.3, -0.25) is 0 Å². The van der Waals surface area contributed by atoms with Gasteiger partial charge in [0.1, 0.15) is 0 Å². The molecule has 0 heterocycles. The van der Waals surface area contributed by atoms with E-state index in [2.05, 4.69) is 15.9 Å². The molecule has 64 valence electrons. The highest BCUT2D eigenvalue weighted by Crippen LogP contribution is 2.25. The highest BCUT2D eigenvalue weighted by atomic mass is 79.9. The van der Waals surface area contributed by atoms with Gasteiger partial charge in [0.25, 0.3) is 0 Å². The van der Waals surface area contributed by atoms with Crippen LogP contribution in [0.5, 0.6) is 0 Å². The fourth-order valence-corrected chi connectivity index (χ4v) is 1.71. The van der Waals surface area contributed by atoms with Crippen molar-refractivity contribution in [2.45, 2.75) is 0 Å². The van der Waals surface area contributed by atoms with Crippen LogP contribution < -0.4 is 5.73 Å². The van der Waals surface area contributed by atoms with Gasteiger partial charge in [0.05, 0.1) is 0 Å². The second kappa shape index (κ2) is 4.65. The Morgan fingerprint density at radius 2 is 2.25 bits per heavy atom. The van der Waals surface area contributed by atoms with Crippen molar-refractivity contribution in [3.8, 4) is 0 Å². The van der Waals surface area contributed by atoms with Crippen molar-refractivity contribution in [3.63, 3.8) is 0 Å². The molecule has 2 N–H and O–H groups in total. The summed E-state index contributed by atoms with van der Waals surface area (Å²) in [5.74, 6) is 0. The van der Waals surface area contributed by atoms with Gasteiger partial charge in [-0.25, -0.2) is 0 Å². The summed E-state index contributed by atoms with van der Waals surface area (Å²) in [4.78, 5) is 0. The zero-order valence-electron chi connectivity index (χ0n) is 6.43. The molecule has 1 aromatic carbocycles. The fraction of sp³-hybridized carbons (Fsp3) is 0.111. The normalized spacial score (nSPS) is 10.9. The van der Waals surface area contributed by atoms with Crippen LogP contribution in [0, 0.1) is 0 Å². The molecule has 0 aromatic heterocycles. The summed E-state index contributed by atoms with van der Waals surface area (Å²) in [5.41, 5.74) is 6.31. The van der Waals surface area contributed by atoms with Crippen molar-refractivity contribution in [2.24, 2.45) is 5.73 Å². The van der Waals surface area contributed by atoms with Crippen LogP contribution in [-0.2, 0) is 0 Å². The summed E-state index contributed by atoms with van der Waals surface area (Å²) in [5, 5.41) is 0.731. The van der Waals surface area contributed by atoms with Gasteiger partial charge in [0.2, 0.25) is 0 Å². The highest BCUT2D eigenvalue weighted by Gasteiger charge is 1.99. The molecule has 0 unspecified atom stereocenters. The van der Waals surface area contributed by atoms with Crippen molar-refractivity contribution in [3.05, 3.63) is 39.3 Å². The number of halogens is 2. The maximum Gasteiger partial charge on any atom is 0.0489 e. The summed E-state index contributed by atoms with van der Waals surface area (Å²) in [6.45, 7) is 0.525. The van der Waals surface area contributed by atoms with E-state index in [0.717, 1.165) is 15.1 Å². The molecule has 0 atom stereocenters. The molecule has 12 heavy (non-hydrogen) atoms. The second-order valence-electron chi connectivity index (χ2n) is 2.27. The molecule has 0 saturated carbocycles. The fourth-order valence-electron chi connectivity index (χ4n) is 0.856. The third-order valence-corrected chi connectivity index (χ3v) is 2.44. The van der Waals surface area contributed by atoms with Gasteiger partial charge >= 0.3 is 0 Å². The summed E-state index contributed by atoms with van der Waals surface area (Å²) >= 11 is 9.34. The molecule has 0 spiro atoms. The van der Waals surface area contributed by atoms with E-state index in [-0.39, 0.29) is 0 Å². The smallest absolute Gasteiger partial charge is 0.0489 e. The lowest BCUT2D eigenvalue weighted by atomic mass is 10.2. The van der Waals surface area contributed by atoms with Gasteiger partial charge in [-0.05, 0) is 12.1 Å². The van der Waals surface area contributed by atoms with Crippen LogP contribution in [0.4, 0.5) is 0 Å². The van der Waals surface area contributed by atoms with Gasteiger partial charge in [0, 0.05) is 21.6 Å². The molecule has 1 nitrogen and oxygen atoms in total. The molecule has 1 rings (SSSR count). The Balaban J connectivity index is 3.04. The highest BCUT2D eigenvalue weighted by molar-refractivity contribution is 9.10. The Morgan fingerprint density at radius 1 is 1.50 bits per heavy atom. The third kappa shape index (κ3) is 2.34. The SMILES string of the molecule is NC/C=C/c1c(Cl)cccc1Br. The van der Waals surface area contributed by atoms with Crippen LogP contribution >= 0.6 is 27.5 Å². The number of hydrogen-bond acceptors (Lipinski definition) is 1. The molecule has 0 bridgehead atoms. The summed E-state index contributed by atoms with van der Waals surface area (Å²) in [6, 6.07) is 5.69. The number of benzene rings is 1. The Hall–Kier alpha value is -0.310. The first kappa shape index (κ1) is 9.78. The monoisotopic (exact) mass is 245 g/mol. The summed E-state index contributed by atoms with van der Waals surface area (Å²) in [7, 11) is 0. The molecule has 0 aliphatic carbocycles. The number of rotatable bonds is 2. The summed E-state index contributed by atoms with van der Waals surface area (Å²) in [6.07, 6.45) is 3.78. The molecular weight excluding hydrogens is 237 g/mol. The van der Waals surface area contributed by atoms with Gasteiger partial charge in [-0.15, -0.1) is 0 Å². The summed E-state index contributed by atoms with van der Waals surface area (Å²) < 4.78 is 0.986. The topological polar surface area (TPSA) is 26.0 Å². The van der Waals surface area contributed by atoms with Crippen molar-refractivity contribution in [1.82, 2.24) is 0 Å². The van der Waals surface area contributed by atoms with Crippen molar-refractivity contribution in [1.29, 1.82) is 0 Å². The average Bonchev–Trinajstić information content (AvgIpc) is 2.04. The maximum absolute atomic E-state index is 5.94. The lowest BCUT2D eigenvalue weighted by Crippen LogP contribution is -1.92. The molecule has 0 amide bonds. The first-order chi connectivity index (χ1) is 5.75. The molecule has 0 radical (unpaired) electrons. The van der Waals surface area contributed by atoms with Gasteiger partial charge in [-0.2, -0.15) is 0 Å². The first-order valence-electron chi connectivity index (χ1n) is 3.56. The average molecular weight is 247 g/mol. The number of nitrogens with two attached hydrogens (primary N) is 1. The minimum atomic E-state index is 0.525. The Kier molecular flexibility index (Phi) is 3.79. The molecule has 0 fully saturated rings. The van der Waals surface area contributed by atoms with Crippen LogP contribution in [0.3, 0.4) is 0 Å². The van der Waals surface area contributed by atoms with Crippen LogP contribution in [0.15, 0.2) is 28.7 Å². The molecule has 0 saturated heterocycles. The second-order valence-corrected chi connectivity index (χ2v) is 3.53. The molecular formula is C9H9BrClN. The van der Waals surface area contributed by atoms with E-state index in [0.29, 0.717) is 6.54 Å². The van der Waals surface area contributed by atoms with Gasteiger partial charge < -0.3 is 5.73 Å². The Morgan fingerprint density at radius 3 is 2.83 bits per heavy atom. The molecule has 1 aromatic rings. The van der Waals surface area contributed by atoms with E-state index >= 15 is 0 Å². The quantitative estimate of drug-likeness (QED) is 0.853. The van der Waals surface area contributed by atoms with Gasteiger partial charge in [-0.1, -0.05) is 45.7 Å². The maximum atomic E-state index is 5.94. The van der Waals surface area contributed by atoms with E-state index < -0.39 is 0 Å². The van der Waals surface area contributed by atoms with E-state index in [1.807, 2.05) is 30.4 Å². The largest absolute Gasteiger partial charge is 0.327 e. The minimum absolute atomic E-state index is 0.525. The molecule has 3 heteroatoms. The van der Waals surface area contributed by atoms with Crippen molar-refractivity contribution >= 4 is 33.6 Å². The first-order valence-corrected chi connectivity index (χ1v) is 4.73. The standard InChI is InChI=1S/C9H9BrClN/c10-8-4-1-5-9(11)7(8)3-2-6-12/h1-5H,6,12H2/b3-2+. The van der Waals surface area contributed by atoms with E-state index in [9.17, 15) is 0 Å². The Bertz CT molecular complexity index is 276. The van der Waals surface area contributed by atoms with E-state index in [4.69, 9.17) is 17.3 Å². The lowest BCUT2D eigenvalue weighted by Gasteiger charge is -2.00. The zero-order chi connectivity index (χ0) is 8.97. The van der Waals surface area contributed by atoms with Crippen LogP contribution in [-0.4, -0.2) is 6.54 Å². The van der Waals surface area contributed by atoms with Crippen molar-refractivity contribution in [2.75, 3.05) is 6.54 Å². The van der Waals surface area contributed by atoms with E-state index in [1.54, 1.807) is 0 Å². The van der Waals surface area contributed by atoms with Crippen LogP contribution in [0.2, 0.25) is 5.02 Å². The van der Waals surface area contributed by atoms with Crippen LogP contribution in [0.25, 0.3) is 6.08 Å². The molecule has 0 aliphatic heterocycles. The Labute approximate surface area is 85.3 Å². The predicted molar refractivity (Wildman–Crippen MR) is 57.2 cm³/mol. The number of hydrogen-bond donors (Lipinski definition) is 1. The van der Waals surface area contributed by atoms with Crippen molar-refractivity contribution < 1.29 is 0 Å². The zero-order valence-corrected chi connectivity index (χ0v) is 8.77. The predicted octanol–water partition coefficient (Wildman–Crippen LogP) is 3.07. The third-order valence-electron chi connectivity index (χ3n) is 1.42. The van der Waals surface area contributed by atoms with E-state index in [1.165, 1.54) is 0 Å².